The Morgan fingerprint density at radius 1 is 1.47 bits per heavy atom. The second-order valence-electron chi connectivity index (χ2n) is 4.69. The van der Waals surface area contributed by atoms with Crippen LogP contribution < -0.4 is 10.6 Å². The van der Waals surface area contributed by atoms with Gasteiger partial charge in [0.05, 0.1) is 0 Å². The number of fused-ring (bicyclic) bond motifs is 1. The average Bonchev–Trinajstić information content (AvgIpc) is 2.38. The lowest BCUT2D eigenvalue weighted by Crippen LogP contribution is -2.32. The minimum Gasteiger partial charge on any atom is -0.350 e. The van der Waals surface area contributed by atoms with Gasteiger partial charge in [0.1, 0.15) is 0 Å². The Hall–Kier alpha value is -1.35. The molecule has 1 aliphatic heterocycles. The van der Waals surface area contributed by atoms with E-state index < -0.39 is 0 Å². The number of nitrogens with one attached hydrogen (secondary N) is 2. The molecule has 0 aliphatic carbocycles. The summed E-state index contributed by atoms with van der Waals surface area (Å²) in [7, 11) is 0. The first kappa shape index (κ1) is 12.1. The Morgan fingerprint density at radius 3 is 3.06 bits per heavy atom. The fourth-order valence-electron chi connectivity index (χ4n) is 2.03. The molecule has 1 aromatic rings. The van der Waals surface area contributed by atoms with E-state index in [0.29, 0.717) is 0 Å². The molecule has 92 valence electrons. The van der Waals surface area contributed by atoms with Crippen LogP contribution in [0.4, 0.5) is 0 Å². The molecule has 1 amide bonds. The molecule has 0 radical (unpaired) electrons. The number of carbonyl (C=O) groups is 1. The third kappa shape index (κ3) is 2.86. The van der Waals surface area contributed by atoms with Crippen LogP contribution in [0.15, 0.2) is 18.2 Å². The van der Waals surface area contributed by atoms with Gasteiger partial charge in [-0.25, -0.2) is 0 Å². The Morgan fingerprint density at radius 2 is 2.29 bits per heavy atom. The van der Waals surface area contributed by atoms with Crippen molar-refractivity contribution in [2.45, 2.75) is 39.3 Å². The molecule has 1 heterocycles. The monoisotopic (exact) mass is 232 g/mol. The predicted molar refractivity (Wildman–Crippen MR) is 69.1 cm³/mol. The van der Waals surface area contributed by atoms with E-state index in [1.54, 1.807) is 0 Å². The molecule has 3 nitrogen and oxygen atoms in total. The van der Waals surface area contributed by atoms with Crippen molar-refractivity contribution in [3.63, 3.8) is 0 Å². The van der Waals surface area contributed by atoms with E-state index in [-0.39, 0.29) is 11.9 Å². The molecule has 0 aromatic heterocycles. The summed E-state index contributed by atoms with van der Waals surface area (Å²) in [6, 6.07) is 6.26. The quantitative estimate of drug-likeness (QED) is 0.835. The van der Waals surface area contributed by atoms with Gasteiger partial charge in [-0.05, 0) is 49.6 Å². The molecule has 0 saturated carbocycles. The van der Waals surface area contributed by atoms with Gasteiger partial charge in [-0.15, -0.1) is 0 Å². The van der Waals surface area contributed by atoms with Crippen LogP contribution in [0.1, 0.15) is 41.8 Å². The maximum absolute atomic E-state index is 12.0. The van der Waals surface area contributed by atoms with Crippen molar-refractivity contribution in [1.29, 1.82) is 0 Å². The molecule has 0 fully saturated rings. The molecule has 17 heavy (non-hydrogen) atoms. The zero-order valence-corrected chi connectivity index (χ0v) is 10.5. The number of carbonyl (C=O) groups excluding carboxylic acids is 1. The molecule has 3 heteroatoms. The summed E-state index contributed by atoms with van der Waals surface area (Å²) in [6.45, 7) is 6.00. The zero-order valence-electron chi connectivity index (χ0n) is 10.5. The lowest BCUT2D eigenvalue weighted by molar-refractivity contribution is 0.0939. The summed E-state index contributed by atoms with van der Waals surface area (Å²) in [5, 5.41) is 6.32. The molecule has 0 saturated heterocycles. The maximum atomic E-state index is 12.0. The highest BCUT2D eigenvalue weighted by Gasteiger charge is 2.13. The first-order valence-electron chi connectivity index (χ1n) is 6.34. The summed E-state index contributed by atoms with van der Waals surface area (Å²) >= 11 is 0. The Labute approximate surface area is 103 Å². The largest absolute Gasteiger partial charge is 0.350 e. The van der Waals surface area contributed by atoms with Crippen LogP contribution in [0.25, 0.3) is 0 Å². The van der Waals surface area contributed by atoms with Gasteiger partial charge in [0.25, 0.3) is 5.91 Å². The molecule has 0 spiro atoms. The van der Waals surface area contributed by atoms with Crippen LogP contribution in [0.2, 0.25) is 0 Å². The fraction of sp³-hybridized carbons (Fsp3) is 0.500. The van der Waals surface area contributed by atoms with Gasteiger partial charge in [0.2, 0.25) is 0 Å². The standard InChI is InChI=1S/C14H20N2O/c1-3-10(2)16-14(17)12-5-4-11-6-7-15-9-13(11)8-12/h4-5,8,10,15H,3,6-7,9H2,1-2H3,(H,16,17). The molecule has 2 N–H and O–H groups in total. The molecular weight excluding hydrogens is 212 g/mol. The number of rotatable bonds is 3. The second-order valence-corrected chi connectivity index (χ2v) is 4.69. The van der Waals surface area contributed by atoms with E-state index in [0.717, 1.165) is 31.5 Å². The van der Waals surface area contributed by atoms with Gasteiger partial charge >= 0.3 is 0 Å². The van der Waals surface area contributed by atoms with Crippen LogP contribution in [0, 0.1) is 0 Å². The normalized spacial score (nSPS) is 16.1. The highest BCUT2D eigenvalue weighted by Crippen LogP contribution is 2.16. The van der Waals surface area contributed by atoms with E-state index in [1.807, 2.05) is 19.1 Å². The van der Waals surface area contributed by atoms with E-state index in [4.69, 9.17) is 0 Å². The number of hydrogen-bond acceptors (Lipinski definition) is 2. The van der Waals surface area contributed by atoms with Crippen molar-refractivity contribution in [3.05, 3.63) is 34.9 Å². The first-order valence-corrected chi connectivity index (χ1v) is 6.34. The van der Waals surface area contributed by atoms with Crippen LogP contribution in [0.3, 0.4) is 0 Å². The minimum absolute atomic E-state index is 0.0349. The van der Waals surface area contributed by atoms with Gasteiger partial charge < -0.3 is 10.6 Å². The third-order valence-corrected chi connectivity index (χ3v) is 3.34. The van der Waals surface area contributed by atoms with Crippen LogP contribution in [0.5, 0.6) is 0 Å². The highest BCUT2D eigenvalue weighted by atomic mass is 16.1. The van der Waals surface area contributed by atoms with E-state index in [1.165, 1.54) is 11.1 Å². The van der Waals surface area contributed by atoms with Crippen molar-refractivity contribution in [2.75, 3.05) is 6.54 Å². The average molecular weight is 232 g/mol. The van der Waals surface area contributed by atoms with E-state index in [2.05, 4.69) is 23.6 Å². The zero-order chi connectivity index (χ0) is 12.3. The van der Waals surface area contributed by atoms with Crippen molar-refractivity contribution in [3.8, 4) is 0 Å². The predicted octanol–water partition coefficient (Wildman–Crippen LogP) is 1.86. The summed E-state index contributed by atoms with van der Waals surface area (Å²) in [6.07, 6.45) is 2.01. The summed E-state index contributed by atoms with van der Waals surface area (Å²) in [4.78, 5) is 12.0. The van der Waals surface area contributed by atoms with Gasteiger partial charge in [-0.3, -0.25) is 4.79 Å². The molecule has 1 unspecified atom stereocenters. The molecule has 1 aliphatic rings. The van der Waals surface area contributed by atoms with Gasteiger partial charge in [-0.2, -0.15) is 0 Å². The van der Waals surface area contributed by atoms with Crippen molar-refractivity contribution in [2.24, 2.45) is 0 Å². The minimum atomic E-state index is 0.0349. The Balaban J connectivity index is 2.13. The molecule has 1 atom stereocenters. The number of benzene rings is 1. The smallest absolute Gasteiger partial charge is 0.251 e. The number of amides is 1. The fourth-order valence-corrected chi connectivity index (χ4v) is 2.03. The van der Waals surface area contributed by atoms with Crippen molar-refractivity contribution in [1.82, 2.24) is 10.6 Å². The summed E-state index contributed by atoms with van der Waals surface area (Å²) < 4.78 is 0. The first-order chi connectivity index (χ1) is 8.20. The van der Waals surface area contributed by atoms with E-state index >= 15 is 0 Å². The number of hydrogen-bond donors (Lipinski definition) is 2. The lowest BCUT2D eigenvalue weighted by Gasteiger charge is -2.18. The molecule has 0 bridgehead atoms. The van der Waals surface area contributed by atoms with Gasteiger partial charge in [-0.1, -0.05) is 13.0 Å². The van der Waals surface area contributed by atoms with Crippen molar-refractivity contribution >= 4 is 5.91 Å². The molecule has 2 rings (SSSR count). The van der Waals surface area contributed by atoms with Crippen LogP contribution in [-0.2, 0) is 13.0 Å². The molecule has 1 aromatic carbocycles. The molecular formula is C14H20N2O. The second kappa shape index (κ2) is 5.32. The van der Waals surface area contributed by atoms with Crippen LogP contribution in [-0.4, -0.2) is 18.5 Å². The Kier molecular flexibility index (Phi) is 3.79. The van der Waals surface area contributed by atoms with Gasteiger partial charge in [0, 0.05) is 18.2 Å². The highest BCUT2D eigenvalue weighted by molar-refractivity contribution is 5.94. The maximum Gasteiger partial charge on any atom is 0.251 e. The topological polar surface area (TPSA) is 41.1 Å². The summed E-state index contributed by atoms with van der Waals surface area (Å²) in [5.74, 6) is 0.0349. The lowest BCUT2D eigenvalue weighted by atomic mass is 9.98. The van der Waals surface area contributed by atoms with Gasteiger partial charge in [0.15, 0.2) is 0 Å². The van der Waals surface area contributed by atoms with E-state index in [9.17, 15) is 4.79 Å². The Bertz CT molecular complexity index is 415. The van der Waals surface area contributed by atoms with Crippen LogP contribution >= 0.6 is 0 Å². The SMILES string of the molecule is CCC(C)NC(=O)c1ccc2c(c1)CNCC2. The van der Waals surface area contributed by atoms with Crippen molar-refractivity contribution < 1.29 is 4.79 Å². The third-order valence-electron chi connectivity index (χ3n) is 3.34. The summed E-state index contributed by atoms with van der Waals surface area (Å²) in [5.41, 5.74) is 3.39.